The van der Waals surface area contributed by atoms with Crippen molar-refractivity contribution >= 4 is 17.2 Å². The van der Waals surface area contributed by atoms with E-state index in [1.54, 1.807) is 12.1 Å². The molecular formula is C18H14F3NO2. The number of fused-ring (bicyclic) bond motifs is 1. The Morgan fingerprint density at radius 1 is 1.17 bits per heavy atom. The molecule has 24 heavy (non-hydrogen) atoms. The van der Waals surface area contributed by atoms with Gasteiger partial charge in [0, 0.05) is 16.5 Å². The minimum absolute atomic E-state index is 0.106. The largest absolute Gasteiger partial charge is 0.496 e. The summed E-state index contributed by atoms with van der Waals surface area (Å²) < 4.78 is 45.0. The van der Waals surface area contributed by atoms with Crippen molar-refractivity contribution < 1.29 is 22.7 Å². The molecule has 0 fully saturated rings. The Labute approximate surface area is 136 Å². The van der Waals surface area contributed by atoms with Crippen LogP contribution >= 0.6 is 0 Å². The Hall–Kier alpha value is -2.76. The van der Waals surface area contributed by atoms with Gasteiger partial charge in [0.25, 0.3) is 0 Å². The average Bonchev–Trinajstić information content (AvgIpc) is 2.92. The van der Waals surface area contributed by atoms with E-state index in [4.69, 9.17) is 4.74 Å². The Morgan fingerprint density at radius 3 is 2.54 bits per heavy atom. The van der Waals surface area contributed by atoms with Crippen LogP contribution in [0.5, 0.6) is 5.75 Å². The summed E-state index contributed by atoms with van der Waals surface area (Å²) in [7, 11) is 1.47. The number of benzene rings is 2. The van der Waals surface area contributed by atoms with Crippen LogP contribution in [0.1, 0.15) is 21.5 Å². The van der Waals surface area contributed by atoms with E-state index in [9.17, 15) is 18.0 Å². The number of nitrogens with one attached hydrogen (secondary N) is 1. The highest BCUT2D eigenvalue weighted by atomic mass is 19.4. The molecule has 2 aromatic carbocycles. The molecule has 0 aliphatic carbocycles. The molecule has 0 bridgehead atoms. The fraction of sp³-hybridized carbons (Fsp3) is 0.167. The molecule has 0 spiro atoms. The van der Waals surface area contributed by atoms with Crippen LogP contribution in [0.4, 0.5) is 13.2 Å². The molecule has 0 atom stereocenters. The van der Waals surface area contributed by atoms with E-state index in [1.807, 2.05) is 13.0 Å². The van der Waals surface area contributed by atoms with E-state index < -0.39 is 11.7 Å². The Morgan fingerprint density at radius 2 is 1.92 bits per heavy atom. The number of aldehydes is 1. The smallest absolute Gasteiger partial charge is 0.418 e. The highest BCUT2D eigenvalue weighted by Gasteiger charge is 2.34. The van der Waals surface area contributed by atoms with E-state index in [0.717, 1.165) is 11.6 Å². The Balaban J connectivity index is 2.38. The summed E-state index contributed by atoms with van der Waals surface area (Å²) in [6.45, 7) is 1.85. The van der Waals surface area contributed by atoms with Gasteiger partial charge in [-0.1, -0.05) is 23.8 Å². The number of methoxy groups -OCH3 is 1. The third-order valence-corrected chi connectivity index (χ3v) is 3.92. The van der Waals surface area contributed by atoms with Crippen LogP contribution in [0.3, 0.4) is 0 Å². The lowest BCUT2D eigenvalue weighted by Crippen LogP contribution is -2.05. The minimum atomic E-state index is -4.52. The monoisotopic (exact) mass is 333 g/mol. The zero-order valence-electron chi connectivity index (χ0n) is 13.0. The number of halogens is 3. The molecular weight excluding hydrogens is 319 g/mol. The lowest BCUT2D eigenvalue weighted by atomic mass is 10.0. The van der Waals surface area contributed by atoms with Crippen molar-refractivity contribution in [1.29, 1.82) is 0 Å². The van der Waals surface area contributed by atoms with E-state index in [-0.39, 0.29) is 16.5 Å². The summed E-state index contributed by atoms with van der Waals surface area (Å²) in [4.78, 5) is 14.4. The van der Waals surface area contributed by atoms with Gasteiger partial charge in [-0.3, -0.25) is 4.79 Å². The highest BCUT2D eigenvalue weighted by Crippen LogP contribution is 2.40. The summed E-state index contributed by atoms with van der Waals surface area (Å²) in [5.41, 5.74) is 1.03. The molecule has 0 aliphatic rings. The van der Waals surface area contributed by atoms with Crippen molar-refractivity contribution in [2.24, 2.45) is 0 Å². The van der Waals surface area contributed by atoms with Gasteiger partial charge in [-0.2, -0.15) is 13.2 Å². The molecule has 6 heteroatoms. The third kappa shape index (κ3) is 2.54. The van der Waals surface area contributed by atoms with Gasteiger partial charge in [0.15, 0.2) is 6.29 Å². The minimum Gasteiger partial charge on any atom is -0.496 e. The Kier molecular flexibility index (Phi) is 3.83. The molecule has 0 aliphatic heterocycles. The lowest BCUT2D eigenvalue weighted by Gasteiger charge is -2.09. The van der Waals surface area contributed by atoms with Crippen LogP contribution in [0.2, 0.25) is 0 Å². The van der Waals surface area contributed by atoms with E-state index in [1.165, 1.54) is 19.2 Å². The summed E-state index contributed by atoms with van der Waals surface area (Å²) in [6.07, 6.45) is -3.95. The number of carbonyl (C=O) groups is 1. The molecule has 0 unspecified atom stereocenters. The number of aryl methyl sites for hydroxylation is 1. The molecule has 0 saturated heterocycles. The first-order valence-electron chi connectivity index (χ1n) is 7.19. The number of hydrogen-bond donors (Lipinski definition) is 1. The van der Waals surface area contributed by atoms with Crippen molar-refractivity contribution in [3.05, 3.63) is 53.1 Å². The average molecular weight is 333 g/mol. The number of rotatable bonds is 3. The molecule has 0 amide bonds. The van der Waals surface area contributed by atoms with Gasteiger partial charge in [-0.15, -0.1) is 0 Å². The molecule has 1 heterocycles. The van der Waals surface area contributed by atoms with E-state index in [0.29, 0.717) is 23.3 Å². The van der Waals surface area contributed by atoms with Gasteiger partial charge in [0.1, 0.15) is 5.75 Å². The fourth-order valence-electron chi connectivity index (χ4n) is 2.83. The lowest BCUT2D eigenvalue weighted by molar-refractivity contribution is -0.136. The number of H-pyrrole nitrogens is 1. The maximum Gasteiger partial charge on any atom is 0.418 e. The predicted molar refractivity (Wildman–Crippen MR) is 85.4 cm³/mol. The molecule has 1 N–H and O–H groups in total. The standard InChI is InChI=1S/C18H14F3NO2/c1-10-6-7-15(24-2)12(8-10)16-13(9-23)11-4-3-5-14(17(11)22-16)18(19,20)21/h3-9,22H,1-2H3. The summed E-state index contributed by atoms with van der Waals surface area (Å²) in [5.74, 6) is 0.476. The van der Waals surface area contributed by atoms with Crippen LogP contribution in [0.15, 0.2) is 36.4 Å². The van der Waals surface area contributed by atoms with Crippen molar-refractivity contribution in [1.82, 2.24) is 4.98 Å². The van der Waals surface area contributed by atoms with Gasteiger partial charge in [-0.05, 0) is 25.1 Å². The van der Waals surface area contributed by atoms with Crippen molar-refractivity contribution in [2.45, 2.75) is 13.1 Å². The van der Waals surface area contributed by atoms with Crippen LogP contribution in [-0.4, -0.2) is 18.4 Å². The second kappa shape index (κ2) is 5.70. The molecule has 0 radical (unpaired) electrons. The maximum absolute atomic E-state index is 13.2. The van der Waals surface area contributed by atoms with Gasteiger partial charge >= 0.3 is 6.18 Å². The molecule has 3 nitrogen and oxygen atoms in total. The molecule has 3 rings (SSSR count). The van der Waals surface area contributed by atoms with Crippen molar-refractivity contribution in [3.8, 4) is 17.0 Å². The van der Waals surface area contributed by atoms with Crippen molar-refractivity contribution in [3.63, 3.8) is 0 Å². The van der Waals surface area contributed by atoms with Crippen molar-refractivity contribution in [2.75, 3.05) is 7.11 Å². The first-order valence-corrected chi connectivity index (χ1v) is 7.19. The predicted octanol–water partition coefficient (Wildman–Crippen LogP) is 4.98. The summed E-state index contributed by atoms with van der Waals surface area (Å²) >= 11 is 0. The number of ether oxygens (including phenoxy) is 1. The zero-order valence-corrected chi connectivity index (χ0v) is 13.0. The topological polar surface area (TPSA) is 42.1 Å². The number of hydrogen-bond acceptors (Lipinski definition) is 2. The first-order chi connectivity index (χ1) is 11.4. The number of aromatic nitrogens is 1. The Bertz CT molecular complexity index is 926. The third-order valence-electron chi connectivity index (χ3n) is 3.92. The van der Waals surface area contributed by atoms with Gasteiger partial charge in [0.05, 0.1) is 23.9 Å². The molecule has 0 saturated carbocycles. The quantitative estimate of drug-likeness (QED) is 0.687. The summed E-state index contributed by atoms with van der Waals surface area (Å²) in [5, 5.41) is 0.235. The molecule has 124 valence electrons. The maximum atomic E-state index is 13.2. The second-order valence-electron chi connectivity index (χ2n) is 5.46. The van der Waals surface area contributed by atoms with Crippen LogP contribution in [0.25, 0.3) is 22.2 Å². The fourth-order valence-corrected chi connectivity index (χ4v) is 2.83. The second-order valence-corrected chi connectivity index (χ2v) is 5.46. The normalized spacial score (nSPS) is 11.7. The zero-order chi connectivity index (χ0) is 17.5. The highest BCUT2D eigenvalue weighted by molar-refractivity contribution is 6.06. The van der Waals surface area contributed by atoms with Gasteiger partial charge in [-0.25, -0.2) is 0 Å². The van der Waals surface area contributed by atoms with Crippen LogP contribution in [-0.2, 0) is 6.18 Å². The van der Waals surface area contributed by atoms with E-state index in [2.05, 4.69) is 4.98 Å². The number of para-hydroxylation sites is 1. The molecule has 3 aromatic rings. The van der Waals surface area contributed by atoms with Gasteiger partial charge < -0.3 is 9.72 Å². The van der Waals surface area contributed by atoms with E-state index >= 15 is 0 Å². The molecule has 1 aromatic heterocycles. The van der Waals surface area contributed by atoms with Gasteiger partial charge in [0.2, 0.25) is 0 Å². The number of aromatic amines is 1. The summed E-state index contributed by atoms with van der Waals surface area (Å²) in [6, 6.07) is 9.09. The van der Waals surface area contributed by atoms with Crippen LogP contribution in [0, 0.1) is 6.92 Å². The number of alkyl halides is 3. The first kappa shape index (κ1) is 16.1. The SMILES string of the molecule is COc1ccc(C)cc1-c1[nH]c2c(C(F)(F)F)cccc2c1C=O. The van der Waals surface area contributed by atoms with Crippen LogP contribution < -0.4 is 4.74 Å². The number of carbonyl (C=O) groups excluding carboxylic acids is 1.